The van der Waals surface area contributed by atoms with Gasteiger partial charge in [-0.3, -0.25) is 0 Å². The van der Waals surface area contributed by atoms with Crippen molar-refractivity contribution in [1.29, 1.82) is 0 Å². The topological polar surface area (TPSA) is 0 Å². The lowest BCUT2D eigenvalue weighted by Gasteiger charge is -2.05. The second-order valence-electron chi connectivity index (χ2n) is 6.24. The van der Waals surface area contributed by atoms with Crippen LogP contribution < -0.4 is 0 Å². The average Bonchev–Trinajstić information content (AvgIpc) is 2.12. The Bertz CT molecular complexity index is 131. The largest absolute Gasteiger partial charge is 0.0857 e. The fourth-order valence-electron chi connectivity index (χ4n) is 1.11. The summed E-state index contributed by atoms with van der Waals surface area (Å²) >= 11 is 0. The first-order valence-electron chi connectivity index (χ1n) is 6.94. The normalized spacial score (nSPS) is 11.8. The van der Waals surface area contributed by atoms with E-state index in [0.717, 1.165) is 11.8 Å². The van der Waals surface area contributed by atoms with Gasteiger partial charge in [-0.05, 0) is 23.7 Å². The third-order valence-electron chi connectivity index (χ3n) is 2.20. The van der Waals surface area contributed by atoms with Crippen molar-refractivity contribution < 1.29 is 0 Å². The van der Waals surface area contributed by atoms with E-state index in [-0.39, 0.29) is 0 Å². The highest BCUT2D eigenvalue weighted by atomic mass is 14.0. The van der Waals surface area contributed by atoms with Crippen LogP contribution in [0.25, 0.3) is 0 Å². The zero-order valence-electron chi connectivity index (χ0n) is 12.9. The maximum absolute atomic E-state index is 2.28. The lowest BCUT2D eigenvalue weighted by atomic mass is 10.0. The molecule has 0 aromatic carbocycles. The zero-order valence-corrected chi connectivity index (χ0v) is 12.9. The molecule has 0 aliphatic rings. The molecule has 0 spiro atoms. The molecule has 0 radical (unpaired) electrons. The van der Waals surface area contributed by atoms with Crippen molar-refractivity contribution in [3.8, 4) is 0 Å². The molecule has 0 saturated carbocycles. The standard InChI is InChI=1S/C8H18.C8H16/c2*1-7(2)5-6-8(3)4/h7-8H,5-6H2,1-4H3;5-8H,1-4H3. The van der Waals surface area contributed by atoms with Crippen molar-refractivity contribution in [2.24, 2.45) is 23.7 Å². The molecule has 0 N–H and O–H groups in total. The van der Waals surface area contributed by atoms with Crippen LogP contribution in [-0.2, 0) is 0 Å². The van der Waals surface area contributed by atoms with Gasteiger partial charge in [0.25, 0.3) is 0 Å². The van der Waals surface area contributed by atoms with Crippen LogP contribution in [0.1, 0.15) is 68.2 Å². The fraction of sp³-hybridized carbons (Fsp3) is 0.875. The summed E-state index contributed by atoms with van der Waals surface area (Å²) in [6, 6.07) is 0. The molecule has 0 heterocycles. The first-order valence-corrected chi connectivity index (χ1v) is 6.94. The van der Waals surface area contributed by atoms with Crippen molar-refractivity contribution in [2.75, 3.05) is 0 Å². The van der Waals surface area contributed by atoms with Crippen LogP contribution in [-0.4, -0.2) is 0 Å². The van der Waals surface area contributed by atoms with E-state index in [9.17, 15) is 0 Å². The quantitative estimate of drug-likeness (QED) is 0.509. The predicted molar refractivity (Wildman–Crippen MR) is 77.7 cm³/mol. The summed E-state index contributed by atoms with van der Waals surface area (Å²) in [4.78, 5) is 0. The fourth-order valence-corrected chi connectivity index (χ4v) is 1.11. The van der Waals surface area contributed by atoms with Gasteiger partial charge in [-0.2, -0.15) is 0 Å². The van der Waals surface area contributed by atoms with E-state index in [1.165, 1.54) is 12.8 Å². The van der Waals surface area contributed by atoms with Gasteiger partial charge in [0.2, 0.25) is 0 Å². The number of allylic oxidation sites excluding steroid dienone is 2. The van der Waals surface area contributed by atoms with Gasteiger partial charge < -0.3 is 0 Å². The third kappa shape index (κ3) is 23.5. The molecule has 16 heavy (non-hydrogen) atoms. The monoisotopic (exact) mass is 226 g/mol. The van der Waals surface area contributed by atoms with Crippen molar-refractivity contribution in [1.82, 2.24) is 0 Å². The van der Waals surface area contributed by atoms with Crippen molar-refractivity contribution in [3.63, 3.8) is 0 Å². The molecule has 0 aromatic rings. The summed E-state index contributed by atoms with van der Waals surface area (Å²) in [5.41, 5.74) is 0. The minimum absolute atomic E-state index is 0.706. The molecule has 0 aliphatic carbocycles. The summed E-state index contributed by atoms with van der Waals surface area (Å²) in [5, 5.41) is 0. The molecule has 0 saturated heterocycles. The van der Waals surface area contributed by atoms with E-state index in [2.05, 4.69) is 67.5 Å². The first kappa shape index (κ1) is 18.1. The first-order chi connectivity index (χ1) is 7.25. The Labute approximate surface area is 105 Å². The summed E-state index contributed by atoms with van der Waals surface area (Å²) in [5.74, 6) is 3.18. The Morgan fingerprint density at radius 2 is 0.812 bits per heavy atom. The van der Waals surface area contributed by atoms with Crippen LogP contribution in [0.15, 0.2) is 12.2 Å². The smallest absolute Gasteiger partial charge is 0.0290 e. The minimum Gasteiger partial charge on any atom is -0.0857 e. The molecule has 0 unspecified atom stereocenters. The summed E-state index contributed by atoms with van der Waals surface area (Å²) in [7, 11) is 0. The molecule has 0 aliphatic heterocycles. The third-order valence-corrected chi connectivity index (χ3v) is 2.20. The Morgan fingerprint density at radius 1 is 0.562 bits per heavy atom. The van der Waals surface area contributed by atoms with Gasteiger partial charge in [-0.25, -0.2) is 0 Å². The lowest BCUT2D eigenvalue weighted by Crippen LogP contribution is -1.91. The Morgan fingerprint density at radius 3 is 0.938 bits per heavy atom. The second kappa shape index (κ2) is 11.2. The van der Waals surface area contributed by atoms with E-state index in [4.69, 9.17) is 0 Å². The number of hydrogen-bond acceptors (Lipinski definition) is 0. The Balaban J connectivity index is 0. The van der Waals surface area contributed by atoms with Crippen LogP contribution in [0.4, 0.5) is 0 Å². The van der Waals surface area contributed by atoms with Gasteiger partial charge in [-0.1, -0.05) is 80.4 Å². The van der Waals surface area contributed by atoms with Gasteiger partial charge in [0.15, 0.2) is 0 Å². The highest BCUT2D eigenvalue weighted by Gasteiger charge is 1.95. The maximum Gasteiger partial charge on any atom is -0.0290 e. The molecule has 0 nitrogen and oxygen atoms in total. The van der Waals surface area contributed by atoms with Crippen molar-refractivity contribution in [2.45, 2.75) is 68.2 Å². The molecule has 0 fully saturated rings. The van der Waals surface area contributed by atoms with Gasteiger partial charge in [0.1, 0.15) is 0 Å². The highest BCUT2D eigenvalue weighted by molar-refractivity contribution is 4.86. The SMILES string of the molecule is CC(C)C=CC(C)C.CC(C)CCC(C)C. The van der Waals surface area contributed by atoms with Gasteiger partial charge in [0.05, 0.1) is 0 Å². The molecule has 0 amide bonds. The minimum atomic E-state index is 0.706. The van der Waals surface area contributed by atoms with E-state index in [1.54, 1.807) is 0 Å². The van der Waals surface area contributed by atoms with Crippen LogP contribution in [0.5, 0.6) is 0 Å². The Hall–Kier alpha value is -0.260. The molecular formula is C16H34. The molecule has 0 bridgehead atoms. The Kier molecular flexibility index (Phi) is 12.7. The molecular weight excluding hydrogens is 192 g/mol. The second-order valence-corrected chi connectivity index (χ2v) is 6.24. The van der Waals surface area contributed by atoms with Crippen molar-refractivity contribution >= 4 is 0 Å². The summed E-state index contributed by atoms with van der Waals surface area (Å²) in [6.07, 6.45) is 7.25. The van der Waals surface area contributed by atoms with Crippen LogP contribution in [0, 0.1) is 23.7 Å². The lowest BCUT2D eigenvalue weighted by molar-refractivity contribution is 0.476. The molecule has 0 heteroatoms. The van der Waals surface area contributed by atoms with E-state index >= 15 is 0 Å². The van der Waals surface area contributed by atoms with Crippen LogP contribution >= 0.6 is 0 Å². The predicted octanol–water partition coefficient (Wildman–Crippen LogP) is 5.93. The van der Waals surface area contributed by atoms with Gasteiger partial charge >= 0.3 is 0 Å². The number of hydrogen-bond donors (Lipinski definition) is 0. The van der Waals surface area contributed by atoms with Gasteiger partial charge in [0, 0.05) is 0 Å². The zero-order chi connectivity index (χ0) is 13.1. The highest BCUT2D eigenvalue weighted by Crippen LogP contribution is 2.09. The van der Waals surface area contributed by atoms with Crippen molar-refractivity contribution in [3.05, 3.63) is 12.2 Å². The van der Waals surface area contributed by atoms with E-state index in [0.29, 0.717) is 11.8 Å². The molecule has 0 atom stereocenters. The maximum atomic E-state index is 2.28. The summed E-state index contributed by atoms with van der Waals surface area (Å²) in [6.45, 7) is 17.9. The van der Waals surface area contributed by atoms with Gasteiger partial charge in [-0.15, -0.1) is 0 Å². The van der Waals surface area contributed by atoms with E-state index < -0.39 is 0 Å². The van der Waals surface area contributed by atoms with Crippen LogP contribution in [0.3, 0.4) is 0 Å². The number of rotatable bonds is 5. The van der Waals surface area contributed by atoms with Crippen LogP contribution in [0.2, 0.25) is 0 Å². The molecule has 98 valence electrons. The summed E-state index contributed by atoms with van der Waals surface area (Å²) < 4.78 is 0. The molecule has 0 aromatic heterocycles. The van der Waals surface area contributed by atoms with E-state index in [1.807, 2.05) is 0 Å². The average molecular weight is 226 g/mol. The molecule has 0 rings (SSSR count).